The molecule has 0 bridgehead atoms. The van der Waals surface area contributed by atoms with Gasteiger partial charge in [-0.25, -0.2) is 0 Å². The first-order valence-corrected chi connectivity index (χ1v) is 4.22. The number of rotatable bonds is 5. The molecule has 0 heterocycles. The van der Waals surface area contributed by atoms with Crippen LogP contribution in [-0.4, -0.2) is 26.2 Å². The molecule has 0 spiro atoms. The Labute approximate surface area is 73.4 Å². The molecule has 0 amide bonds. The third kappa shape index (κ3) is 2.17. The molecule has 0 aromatic carbocycles. The van der Waals surface area contributed by atoms with E-state index >= 15 is 0 Å². The van der Waals surface area contributed by atoms with Gasteiger partial charge in [0.15, 0.2) is 0 Å². The van der Waals surface area contributed by atoms with Gasteiger partial charge in [-0.05, 0) is 0 Å². The van der Waals surface area contributed by atoms with E-state index in [1.807, 2.05) is 6.08 Å². The van der Waals surface area contributed by atoms with Crippen molar-refractivity contribution in [3.8, 4) is 0 Å². The van der Waals surface area contributed by atoms with Gasteiger partial charge in [-0.2, -0.15) is 0 Å². The van der Waals surface area contributed by atoms with Crippen molar-refractivity contribution in [2.45, 2.75) is 24.8 Å². The van der Waals surface area contributed by atoms with Crippen molar-refractivity contribution in [1.29, 1.82) is 0 Å². The number of ether oxygens (including phenoxy) is 1. The monoisotopic (exact) mass is 167 g/mol. The van der Waals surface area contributed by atoms with Crippen LogP contribution in [0.5, 0.6) is 0 Å². The van der Waals surface area contributed by atoms with Gasteiger partial charge in [-0.3, -0.25) is 0 Å². The van der Waals surface area contributed by atoms with Gasteiger partial charge in [0.05, 0.1) is 0 Å². The Morgan fingerprint density at radius 2 is 2.42 bits per heavy atom. The van der Waals surface area contributed by atoms with Crippen molar-refractivity contribution in [3.63, 3.8) is 0 Å². The Hall–Kier alpha value is -0.635. The van der Waals surface area contributed by atoms with Gasteiger partial charge in [-0.15, -0.1) is 0 Å². The molecule has 1 rings (SSSR count). The molecule has 1 aliphatic carbocycles. The third-order valence-electron chi connectivity index (χ3n) is 2.31. The summed E-state index contributed by atoms with van der Waals surface area (Å²) in [6.45, 7) is 0. The molecule has 1 N–H and O–H groups in total. The summed E-state index contributed by atoms with van der Waals surface area (Å²) in [6, 6.07) is 0. The minimum absolute atomic E-state index is 0.0386. The zero-order valence-electron chi connectivity index (χ0n) is 7.38. The van der Waals surface area contributed by atoms with E-state index in [1.165, 1.54) is 6.42 Å². The van der Waals surface area contributed by atoms with E-state index in [9.17, 15) is 4.70 Å². The van der Waals surface area contributed by atoms with Crippen molar-refractivity contribution in [1.82, 2.24) is 5.32 Å². The zero-order valence-corrected chi connectivity index (χ0v) is 7.38. The van der Waals surface area contributed by atoms with Gasteiger partial charge in [-0.1, -0.05) is 0 Å². The summed E-state index contributed by atoms with van der Waals surface area (Å²) in [7, 11) is 2.52. The molecule has 1 saturated carbocycles. The van der Waals surface area contributed by atoms with Crippen LogP contribution in [0, 0.1) is 0 Å². The molecule has 4 heteroatoms. The first kappa shape index (κ1) is 9.45. The van der Waals surface area contributed by atoms with Crippen molar-refractivity contribution >= 4 is 7.15 Å². The molecule has 66 valence electrons. The van der Waals surface area contributed by atoms with Crippen molar-refractivity contribution < 1.29 is 9.44 Å². The molecule has 1 aliphatic rings. The maximum absolute atomic E-state index is 10.1. The second-order valence-corrected chi connectivity index (χ2v) is 3.10. The van der Waals surface area contributed by atoms with Crippen LogP contribution in [0.2, 0.25) is 0 Å². The van der Waals surface area contributed by atoms with Crippen molar-refractivity contribution in [2.75, 3.05) is 13.6 Å². The average Bonchev–Trinajstić information content (AvgIpc) is 2.02. The van der Waals surface area contributed by atoms with Gasteiger partial charge < -0.3 is 0 Å². The van der Waals surface area contributed by atoms with E-state index < -0.39 is 0 Å². The van der Waals surface area contributed by atoms with E-state index in [0.717, 1.165) is 20.0 Å². The maximum atomic E-state index is 10.1. The first-order valence-electron chi connectivity index (χ1n) is 4.22. The molecule has 12 heavy (non-hydrogen) atoms. The number of nitrogens with one attached hydrogen (secondary N) is 1. The second kappa shape index (κ2) is 4.41. The topological polar surface area (TPSA) is 38.3 Å². The van der Waals surface area contributed by atoms with Gasteiger partial charge in [0, 0.05) is 0 Å². The third-order valence-corrected chi connectivity index (χ3v) is 2.31. The number of methoxy groups -OCH3 is 1. The number of hydrogen-bond acceptors (Lipinski definition) is 3. The molecule has 3 nitrogen and oxygen atoms in total. The summed E-state index contributed by atoms with van der Waals surface area (Å²) in [5.41, 5.74) is 0.0386. The number of hydrogen-bond donors (Lipinski definition) is 1. The van der Waals surface area contributed by atoms with Crippen molar-refractivity contribution in [2.24, 2.45) is 0 Å². The van der Waals surface area contributed by atoms with Gasteiger partial charge in [0.25, 0.3) is 0 Å². The predicted molar refractivity (Wildman–Crippen MR) is 47.2 cm³/mol. The summed E-state index contributed by atoms with van der Waals surface area (Å²) in [5.74, 6) is 0. The Bertz CT molecular complexity index is 178. The Morgan fingerprint density at radius 1 is 1.67 bits per heavy atom. The fourth-order valence-electron chi connectivity index (χ4n) is 1.40. The Balaban J connectivity index is 2.39. The van der Waals surface area contributed by atoms with E-state index in [-0.39, 0.29) is 5.54 Å². The molecule has 0 aliphatic heterocycles. The van der Waals surface area contributed by atoms with Crippen LogP contribution in [-0.2, 0) is 9.44 Å². The molecule has 0 aromatic heterocycles. The first-order chi connectivity index (χ1) is 5.83. The Kier molecular flexibility index (Phi) is 3.47. The van der Waals surface area contributed by atoms with Crippen LogP contribution < -0.4 is 5.32 Å². The van der Waals surface area contributed by atoms with Crippen LogP contribution in [0.4, 0.5) is 0 Å². The van der Waals surface area contributed by atoms with Gasteiger partial charge in [0.1, 0.15) is 0 Å². The summed E-state index contributed by atoms with van der Waals surface area (Å²) in [5, 5.41) is 3.18. The molecule has 0 saturated heterocycles. The molecule has 0 radical (unpaired) electrons. The SMILES string of the molecule is CO/C=C/C1(NCB=O)CCC1. The van der Waals surface area contributed by atoms with Crippen LogP contribution in [0.15, 0.2) is 12.3 Å². The summed E-state index contributed by atoms with van der Waals surface area (Å²) < 4.78 is 15.0. The van der Waals surface area contributed by atoms with E-state index in [4.69, 9.17) is 4.74 Å². The molecular formula is C8H14BNO2. The molecule has 0 aromatic rings. The van der Waals surface area contributed by atoms with Crippen LogP contribution in [0.3, 0.4) is 0 Å². The van der Waals surface area contributed by atoms with E-state index in [0.29, 0.717) is 6.44 Å². The molecule has 0 atom stereocenters. The molecule has 1 fully saturated rings. The second-order valence-electron chi connectivity index (χ2n) is 3.10. The van der Waals surface area contributed by atoms with Crippen LogP contribution >= 0.6 is 0 Å². The fourth-order valence-corrected chi connectivity index (χ4v) is 1.40. The van der Waals surface area contributed by atoms with Gasteiger partial charge in [0.2, 0.25) is 0 Å². The van der Waals surface area contributed by atoms with Crippen LogP contribution in [0.25, 0.3) is 0 Å². The van der Waals surface area contributed by atoms with Crippen molar-refractivity contribution in [3.05, 3.63) is 12.3 Å². The van der Waals surface area contributed by atoms with Crippen LogP contribution in [0.1, 0.15) is 19.3 Å². The molecular weight excluding hydrogens is 153 g/mol. The predicted octanol–water partition coefficient (Wildman–Crippen LogP) is 0.666. The normalized spacial score (nSPS) is 20.1. The zero-order chi connectivity index (χ0) is 8.86. The van der Waals surface area contributed by atoms with E-state index in [2.05, 4.69) is 5.32 Å². The summed E-state index contributed by atoms with van der Waals surface area (Å²) >= 11 is 0. The van der Waals surface area contributed by atoms with Gasteiger partial charge >= 0.3 is 72.6 Å². The Morgan fingerprint density at radius 3 is 2.83 bits per heavy atom. The van der Waals surface area contributed by atoms with E-state index in [1.54, 1.807) is 13.4 Å². The average molecular weight is 167 g/mol. The quantitative estimate of drug-likeness (QED) is 0.483. The summed E-state index contributed by atoms with van der Waals surface area (Å²) in [6.07, 6.45) is 7.52. The molecule has 0 unspecified atom stereocenters. The fraction of sp³-hybridized carbons (Fsp3) is 0.750. The standard InChI is InChI=1S/C8H14BNO2/c1-12-6-5-8(3-2-4-8)10-7-9-11/h5-6,10H,2-4,7H2,1H3/b6-5+. The minimum atomic E-state index is 0.0386. The summed E-state index contributed by atoms with van der Waals surface area (Å²) in [4.78, 5) is 0.